The zero-order chi connectivity index (χ0) is 15.2. The van der Waals surface area contributed by atoms with E-state index in [1.165, 1.54) is 12.3 Å². The van der Waals surface area contributed by atoms with Gasteiger partial charge in [-0.2, -0.15) is 0 Å². The number of carbonyl (C=O) groups excluding carboxylic acids is 1. The molecular formula is C14H17FN4OS. The van der Waals surface area contributed by atoms with Crippen LogP contribution in [0, 0.1) is 12.7 Å². The lowest BCUT2D eigenvalue weighted by Crippen LogP contribution is -2.27. The molecule has 112 valence electrons. The van der Waals surface area contributed by atoms with Crippen LogP contribution in [-0.4, -0.2) is 29.0 Å². The summed E-state index contributed by atoms with van der Waals surface area (Å²) in [6.45, 7) is 4.72. The van der Waals surface area contributed by atoms with Gasteiger partial charge in [-0.05, 0) is 19.9 Å². The number of nitrogens with zero attached hydrogens (tertiary/aromatic N) is 2. The molecule has 0 atom stereocenters. The van der Waals surface area contributed by atoms with Crippen LogP contribution in [0.5, 0.6) is 0 Å². The van der Waals surface area contributed by atoms with E-state index in [4.69, 9.17) is 0 Å². The largest absolute Gasteiger partial charge is 0.368 e. The van der Waals surface area contributed by atoms with Crippen molar-refractivity contribution in [2.24, 2.45) is 0 Å². The topological polar surface area (TPSA) is 66.9 Å². The van der Waals surface area contributed by atoms with E-state index in [0.717, 1.165) is 10.7 Å². The number of pyridine rings is 1. The number of rotatable bonds is 6. The molecule has 2 aromatic heterocycles. The first-order valence-electron chi connectivity index (χ1n) is 6.69. The first-order chi connectivity index (χ1) is 10.1. The van der Waals surface area contributed by atoms with E-state index in [0.29, 0.717) is 19.5 Å². The highest BCUT2D eigenvalue weighted by atomic mass is 32.1. The van der Waals surface area contributed by atoms with Gasteiger partial charge in [-0.15, -0.1) is 11.3 Å². The Kier molecular flexibility index (Phi) is 5.21. The lowest BCUT2D eigenvalue weighted by atomic mass is 10.2. The molecule has 0 aliphatic carbocycles. The van der Waals surface area contributed by atoms with Crippen molar-refractivity contribution in [3.05, 3.63) is 39.7 Å². The SMILES string of the molecule is CCNc1nccc(C(=O)NCCc2nc(C)cs2)c1F. The Morgan fingerprint density at radius 3 is 2.95 bits per heavy atom. The van der Waals surface area contributed by atoms with E-state index < -0.39 is 11.7 Å². The highest BCUT2D eigenvalue weighted by molar-refractivity contribution is 7.09. The number of thiazole rings is 1. The van der Waals surface area contributed by atoms with Gasteiger partial charge in [-0.1, -0.05) is 0 Å². The quantitative estimate of drug-likeness (QED) is 0.860. The summed E-state index contributed by atoms with van der Waals surface area (Å²) >= 11 is 1.55. The third kappa shape index (κ3) is 3.98. The molecule has 0 aliphatic heterocycles. The molecule has 0 aliphatic rings. The number of anilines is 1. The van der Waals surface area contributed by atoms with Crippen LogP contribution < -0.4 is 10.6 Å². The molecule has 0 aromatic carbocycles. The van der Waals surface area contributed by atoms with Crippen molar-refractivity contribution in [3.8, 4) is 0 Å². The molecule has 0 radical (unpaired) electrons. The molecule has 2 rings (SSSR count). The Labute approximate surface area is 126 Å². The average Bonchev–Trinajstić information content (AvgIpc) is 2.87. The Bertz CT molecular complexity index is 629. The number of hydrogen-bond donors (Lipinski definition) is 2. The number of carbonyl (C=O) groups is 1. The van der Waals surface area contributed by atoms with Gasteiger partial charge in [-0.3, -0.25) is 4.79 Å². The summed E-state index contributed by atoms with van der Waals surface area (Å²) in [5, 5.41) is 8.40. The molecular weight excluding hydrogens is 291 g/mol. The predicted octanol–water partition coefficient (Wildman–Crippen LogP) is 2.39. The first kappa shape index (κ1) is 15.4. The predicted molar refractivity (Wildman–Crippen MR) is 81.2 cm³/mol. The number of aryl methyl sites for hydroxylation is 1. The summed E-state index contributed by atoms with van der Waals surface area (Å²) in [7, 11) is 0. The normalized spacial score (nSPS) is 10.4. The highest BCUT2D eigenvalue weighted by Gasteiger charge is 2.15. The molecule has 0 spiro atoms. The zero-order valence-electron chi connectivity index (χ0n) is 11.9. The fourth-order valence-corrected chi connectivity index (χ4v) is 2.58. The van der Waals surface area contributed by atoms with E-state index >= 15 is 0 Å². The smallest absolute Gasteiger partial charge is 0.254 e. The maximum absolute atomic E-state index is 14.1. The summed E-state index contributed by atoms with van der Waals surface area (Å²) in [6.07, 6.45) is 2.05. The van der Waals surface area contributed by atoms with Gasteiger partial charge in [0.2, 0.25) is 0 Å². The summed E-state index contributed by atoms with van der Waals surface area (Å²) in [5.41, 5.74) is 0.966. The van der Waals surface area contributed by atoms with E-state index in [-0.39, 0.29) is 11.4 Å². The Morgan fingerprint density at radius 1 is 1.48 bits per heavy atom. The lowest BCUT2D eigenvalue weighted by molar-refractivity contribution is 0.0950. The van der Waals surface area contributed by atoms with Crippen LogP contribution in [0.3, 0.4) is 0 Å². The maximum atomic E-state index is 14.1. The monoisotopic (exact) mass is 308 g/mol. The standard InChI is InChI=1S/C14H17FN4OS/c1-3-16-13-12(15)10(4-6-17-13)14(20)18-7-5-11-19-9(2)8-21-11/h4,6,8H,3,5,7H2,1-2H3,(H,16,17)(H,18,20). The van der Waals surface area contributed by atoms with Gasteiger partial charge in [0, 0.05) is 36.8 Å². The van der Waals surface area contributed by atoms with Gasteiger partial charge >= 0.3 is 0 Å². The van der Waals surface area contributed by atoms with Gasteiger partial charge in [-0.25, -0.2) is 14.4 Å². The van der Waals surface area contributed by atoms with Crippen molar-refractivity contribution < 1.29 is 9.18 Å². The number of hydrogen-bond acceptors (Lipinski definition) is 5. The third-order valence-corrected chi connectivity index (χ3v) is 3.80. The number of halogens is 1. The van der Waals surface area contributed by atoms with Crippen LogP contribution in [0.2, 0.25) is 0 Å². The van der Waals surface area contributed by atoms with E-state index in [1.807, 2.05) is 19.2 Å². The average molecular weight is 308 g/mol. The van der Waals surface area contributed by atoms with Crippen molar-refractivity contribution in [1.82, 2.24) is 15.3 Å². The number of nitrogens with one attached hydrogen (secondary N) is 2. The van der Waals surface area contributed by atoms with E-state index in [1.54, 1.807) is 11.3 Å². The van der Waals surface area contributed by atoms with Crippen molar-refractivity contribution in [3.63, 3.8) is 0 Å². The van der Waals surface area contributed by atoms with E-state index in [9.17, 15) is 9.18 Å². The molecule has 1 amide bonds. The van der Waals surface area contributed by atoms with Gasteiger partial charge in [0.05, 0.1) is 10.6 Å². The molecule has 21 heavy (non-hydrogen) atoms. The minimum Gasteiger partial charge on any atom is -0.368 e. The lowest BCUT2D eigenvalue weighted by Gasteiger charge is -2.08. The van der Waals surface area contributed by atoms with Crippen LogP contribution in [0.25, 0.3) is 0 Å². The van der Waals surface area contributed by atoms with Crippen LogP contribution in [-0.2, 0) is 6.42 Å². The molecule has 0 saturated heterocycles. The first-order valence-corrected chi connectivity index (χ1v) is 7.57. The fourth-order valence-electron chi connectivity index (χ4n) is 1.81. The second kappa shape index (κ2) is 7.12. The third-order valence-electron chi connectivity index (χ3n) is 2.77. The summed E-state index contributed by atoms with van der Waals surface area (Å²) in [6, 6.07) is 1.37. The minimum atomic E-state index is -0.623. The summed E-state index contributed by atoms with van der Waals surface area (Å²) in [5.74, 6) is -0.968. The number of aromatic nitrogens is 2. The van der Waals surface area contributed by atoms with E-state index in [2.05, 4.69) is 20.6 Å². The van der Waals surface area contributed by atoms with Gasteiger partial charge in [0.25, 0.3) is 5.91 Å². The molecule has 2 heterocycles. The Morgan fingerprint density at radius 2 is 2.29 bits per heavy atom. The van der Waals surface area contributed by atoms with Gasteiger partial charge in [0.1, 0.15) is 0 Å². The van der Waals surface area contributed by atoms with Crippen molar-refractivity contribution in [2.45, 2.75) is 20.3 Å². The van der Waals surface area contributed by atoms with Crippen LogP contribution >= 0.6 is 11.3 Å². The molecule has 5 nitrogen and oxygen atoms in total. The molecule has 0 saturated carbocycles. The minimum absolute atomic E-state index is 0.00345. The zero-order valence-corrected chi connectivity index (χ0v) is 12.8. The second-order valence-corrected chi connectivity index (χ2v) is 5.38. The molecule has 7 heteroatoms. The molecule has 0 bridgehead atoms. The summed E-state index contributed by atoms with van der Waals surface area (Å²) < 4.78 is 14.1. The molecule has 2 aromatic rings. The second-order valence-electron chi connectivity index (χ2n) is 4.44. The Balaban J connectivity index is 1.95. The Hall–Kier alpha value is -2.02. The van der Waals surface area contributed by atoms with Gasteiger partial charge < -0.3 is 10.6 Å². The van der Waals surface area contributed by atoms with Crippen molar-refractivity contribution in [2.75, 3.05) is 18.4 Å². The fraction of sp³-hybridized carbons (Fsp3) is 0.357. The van der Waals surface area contributed by atoms with Gasteiger partial charge in [0.15, 0.2) is 11.6 Å². The van der Waals surface area contributed by atoms with Crippen LogP contribution in [0.4, 0.5) is 10.2 Å². The molecule has 2 N–H and O–H groups in total. The molecule has 0 fully saturated rings. The summed E-state index contributed by atoms with van der Waals surface area (Å²) in [4.78, 5) is 20.2. The maximum Gasteiger partial charge on any atom is 0.254 e. The van der Waals surface area contributed by atoms with Crippen molar-refractivity contribution >= 4 is 23.1 Å². The van der Waals surface area contributed by atoms with Crippen LogP contribution in [0.1, 0.15) is 28.0 Å². The number of amides is 1. The van der Waals surface area contributed by atoms with Crippen LogP contribution in [0.15, 0.2) is 17.6 Å². The van der Waals surface area contributed by atoms with Crippen molar-refractivity contribution in [1.29, 1.82) is 0 Å². The highest BCUT2D eigenvalue weighted by Crippen LogP contribution is 2.15. The molecule has 0 unspecified atom stereocenters.